The number of aromatic nitrogens is 3. The molecular weight excluding hydrogens is 494 g/mol. The molecule has 1 atom stereocenters. The summed E-state index contributed by atoms with van der Waals surface area (Å²) < 4.78 is 6.34. The molecule has 3 N–H and O–H groups in total. The Morgan fingerprint density at radius 2 is 2.03 bits per heavy atom. The fourth-order valence-corrected chi connectivity index (χ4v) is 4.00. The molecule has 1 aromatic heterocycles. The fraction of sp³-hybridized carbons (Fsp3) is 0.273. The molecule has 0 amide bonds. The predicted molar refractivity (Wildman–Crippen MR) is 131 cm³/mol. The van der Waals surface area contributed by atoms with Crippen LogP contribution in [0, 0.1) is 0 Å². The van der Waals surface area contributed by atoms with E-state index in [1.807, 2.05) is 49.4 Å². The summed E-state index contributed by atoms with van der Waals surface area (Å²) in [5.74, 6) is 0.804. The van der Waals surface area contributed by atoms with Crippen LogP contribution in [-0.2, 0) is 4.74 Å². The monoisotopic (exact) mass is 515 g/mol. The van der Waals surface area contributed by atoms with Crippen molar-refractivity contribution in [3.05, 3.63) is 69.4 Å². The lowest BCUT2D eigenvalue weighted by atomic mass is 10.2. The van der Waals surface area contributed by atoms with Gasteiger partial charge in [-0.1, -0.05) is 39.7 Å². The minimum atomic E-state index is -0.287. The maximum Gasteiger partial charge on any atom is 0.247 e. The molecule has 2 heterocycles. The molecule has 0 saturated carbocycles. The summed E-state index contributed by atoms with van der Waals surface area (Å²) in [5.41, 5.74) is 9.37. The first-order valence-electron chi connectivity index (χ1n) is 10.2. The standard InChI is InChI=1S/C22H23BrClN7O/c1-14(27-21(25)15-3-2-4-16(23)11-15)19-13-26-22(30-29-19)28-17-5-6-20(18(24)12-17)31-7-9-32-10-8-31/h2-6,11-14H,7-10H2,1H3,(H2,25,27)(H,26,28,30). The lowest BCUT2D eigenvalue weighted by Crippen LogP contribution is -2.36. The zero-order valence-electron chi connectivity index (χ0n) is 17.5. The summed E-state index contributed by atoms with van der Waals surface area (Å²) in [7, 11) is 0. The summed E-state index contributed by atoms with van der Waals surface area (Å²) >= 11 is 9.94. The van der Waals surface area contributed by atoms with Crippen LogP contribution in [-0.4, -0.2) is 47.3 Å². The van der Waals surface area contributed by atoms with Crippen molar-refractivity contribution < 1.29 is 4.74 Å². The topological polar surface area (TPSA) is 102 Å². The van der Waals surface area contributed by atoms with Crippen LogP contribution in [0.3, 0.4) is 0 Å². The van der Waals surface area contributed by atoms with E-state index in [9.17, 15) is 0 Å². The predicted octanol–water partition coefficient (Wildman–Crippen LogP) is 4.33. The second kappa shape index (κ2) is 10.2. The van der Waals surface area contributed by atoms with Gasteiger partial charge in [0.25, 0.3) is 0 Å². The molecule has 1 saturated heterocycles. The number of nitrogens with one attached hydrogen (secondary N) is 1. The minimum absolute atomic E-state index is 0.287. The molecule has 10 heteroatoms. The highest BCUT2D eigenvalue weighted by Crippen LogP contribution is 2.30. The van der Waals surface area contributed by atoms with Gasteiger partial charge in [-0.2, -0.15) is 0 Å². The molecule has 1 unspecified atom stereocenters. The molecule has 3 aromatic rings. The Labute approximate surface area is 200 Å². The van der Waals surface area contributed by atoms with Crippen LogP contribution in [0.1, 0.15) is 24.2 Å². The molecule has 0 spiro atoms. The number of morpholine rings is 1. The van der Waals surface area contributed by atoms with Gasteiger partial charge in [-0.25, -0.2) is 4.98 Å². The lowest BCUT2D eigenvalue weighted by Gasteiger charge is -2.29. The normalized spacial score (nSPS) is 15.5. The molecule has 166 valence electrons. The van der Waals surface area contributed by atoms with Gasteiger partial charge in [0.05, 0.1) is 36.2 Å². The zero-order valence-corrected chi connectivity index (χ0v) is 19.8. The van der Waals surface area contributed by atoms with Crippen LogP contribution in [0.5, 0.6) is 0 Å². The van der Waals surface area contributed by atoms with Gasteiger partial charge in [-0.05, 0) is 37.3 Å². The Morgan fingerprint density at radius 1 is 1.22 bits per heavy atom. The Kier molecular flexibility index (Phi) is 7.19. The summed E-state index contributed by atoms with van der Waals surface area (Å²) in [4.78, 5) is 11.1. The Balaban J connectivity index is 1.42. The second-order valence-corrected chi connectivity index (χ2v) is 8.62. The van der Waals surface area contributed by atoms with Crippen LogP contribution < -0.4 is 16.0 Å². The van der Waals surface area contributed by atoms with Crippen LogP contribution in [0.2, 0.25) is 5.02 Å². The van der Waals surface area contributed by atoms with Gasteiger partial charge in [-0.15, -0.1) is 10.2 Å². The number of hydrogen-bond donors (Lipinski definition) is 2. The number of nitrogens with two attached hydrogens (primary N) is 1. The van der Waals surface area contributed by atoms with E-state index < -0.39 is 0 Å². The highest BCUT2D eigenvalue weighted by Gasteiger charge is 2.15. The smallest absolute Gasteiger partial charge is 0.247 e. The molecule has 0 radical (unpaired) electrons. The first-order chi connectivity index (χ1) is 15.5. The number of anilines is 3. The summed E-state index contributed by atoms with van der Waals surface area (Å²) in [5, 5.41) is 12.2. The van der Waals surface area contributed by atoms with E-state index in [0.717, 1.165) is 34.5 Å². The van der Waals surface area contributed by atoms with E-state index >= 15 is 0 Å². The van der Waals surface area contributed by atoms with Crippen molar-refractivity contribution in [3.63, 3.8) is 0 Å². The fourth-order valence-electron chi connectivity index (χ4n) is 3.30. The first kappa shape index (κ1) is 22.4. The van der Waals surface area contributed by atoms with E-state index in [1.165, 1.54) is 0 Å². The highest BCUT2D eigenvalue weighted by atomic mass is 79.9. The first-order valence-corrected chi connectivity index (χ1v) is 11.3. The van der Waals surface area contributed by atoms with E-state index in [1.54, 1.807) is 6.20 Å². The zero-order chi connectivity index (χ0) is 22.5. The molecule has 0 bridgehead atoms. The number of rotatable bonds is 6. The average Bonchev–Trinajstić information content (AvgIpc) is 2.80. The number of benzene rings is 2. The van der Waals surface area contributed by atoms with E-state index in [0.29, 0.717) is 35.7 Å². The Hall–Kier alpha value is -2.75. The summed E-state index contributed by atoms with van der Waals surface area (Å²) in [6.07, 6.45) is 1.64. The molecule has 1 aliphatic rings. The molecule has 32 heavy (non-hydrogen) atoms. The molecule has 0 aliphatic carbocycles. The van der Waals surface area contributed by atoms with Crippen LogP contribution in [0.15, 0.2) is 58.1 Å². The van der Waals surface area contributed by atoms with Gasteiger partial charge >= 0.3 is 0 Å². The van der Waals surface area contributed by atoms with Gasteiger partial charge in [0.1, 0.15) is 11.5 Å². The van der Waals surface area contributed by atoms with Crippen molar-refractivity contribution in [2.75, 3.05) is 36.5 Å². The van der Waals surface area contributed by atoms with E-state index in [2.05, 4.69) is 46.3 Å². The second-order valence-electron chi connectivity index (χ2n) is 7.30. The lowest BCUT2D eigenvalue weighted by molar-refractivity contribution is 0.122. The molecule has 1 aliphatic heterocycles. The molecular formula is C22H23BrClN7O. The minimum Gasteiger partial charge on any atom is -0.383 e. The number of hydrogen-bond acceptors (Lipinski definition) is 7. The van der Waals surface area contributed by atoms with Crippen molar-refractivity contribution in [2.45, 2.75) is 13.0 Å². The SMILES string of the molecule is CC(N=C(N)c1cccc(Br)c1)c1cnc(Nc2ccc(N3CCOCC3)c(Cl)c2)nn1. The van der Waals surface area contributed by atoms with Crippen molar-refractivity contribution >= 4 is 50.7 Å². The van der Waals surface area contributed by atoms with Crippen LogP contribution in [0.4, 0.5) is 17.3 Å². The summed E-state index contributed by atoms with van der Waals surface area (Å²) in [6.45, 7) is 4.97. The number of halogens is 2. The molecule has 1 fully saturated rings. The van der Waals surface area contributed by atoms with Crippen molar-refractivity contribution in [2.24, 2.45) is 10.7 Å². The van der Waals surface area contributed by atoms with E-state index in [-0.39, 0.29) is 6.04 Å². The number of aliphatic imine (C=N–C) groups is 1. The third-order valence-corrected chi connectivity index (χ3v) is 5.81. The van der Waals surface area contributed by atoms with Gasteiger partial charge in [0, 0.05) is 28.8 Å². The maximum absolute atomic E-state index is 6.50. The van der Waals surface area contributed by atoms with Gasteiger partial charge in [-0.3, -0.25) is 4.99 Å². The van der Waals surface area contributed by atoms with Crippen molar-refractivity contribution in [3.8, 4) is 0 Å². The summed E-state index contributed by atoms with van der Waals surface area (Å²) in [6, 6.07) is 13.2. The van der Waals surface area contributed by atoms with Gasteiger partial charge in [0.15, 0.2) is 0 Å². The van der Waals surface area contributed by atoms with Crippen molar-refractivity contribution in [1.82, 2.24) is 15.2 Å². The average molecular weight is 517 g/mol. The third-order valence-electron chi connectivity index (χ3n) is 5.02. The highest BCUT2D eigenvalue weighted by molar-refractivity contribution is 9.10. The Morgan fingerprint density at radius 3 is 2.72 bits per heavy atom. The number of amidine groups is 1. The largest absolute Gasteiger partial charge is 0.383 e. The van der Waals surface area contributed by atoms with Crippen LogP contribution in [0.25, 0.3) is 0 Å². The molecule has 2 aromatic carbocycles. The molecule has 4 rings (SSSR count). The van der Waals surface area contributed by atoms with Gasteiger partial charge < -0.3 is 20.7 Å². The number of ether oxygens (including phenoxy) is 1. The molecule has 8 nitrogen and oxygen atoms in total. The van der Waals surface area contributed by atoms with E-state index in [4.69, 9.17) is 22.1 Å². The van der Waals surface area contributed by atoms with Crippen LogP contribution >= 0.6 is 27.5 Å². The third kappa shape index (κ3) is 5.53. The maximum atomic E-state index is 6.50. The Bertz CT molecular complexity index is 1100. The van der Waals surface area contributed by atoms with Crippen molar-refractivity contribution in [1.29, 1.82) is 0 Å². The number of nitrogens with zero attached hydrogens (tertiary/aromatic N) is 5. The van der Waals surface area contributed by atoms with Gasteiger partial charge in [0.2, 0.25) is 5.95 Å². The quantitative estimate of drug-likeness (QED) is 0.371.